The van der Waals surface area contributed by atoms with Crippen molar-refractivity contribution in [3.05, 3.63) is 11.3 Å². The van der Waals surface area contributed by atoms with Crippen molar-refractivity contribution in [1.82, 2.24) is 15.3 Å². The molecular formula is C12H21N5. The van der Waals surface area contributed by atoms with Gasteiger partial charge >= 0.3 is 0 Å². The van der Waals surface area contributed by atoms with Crippen LogP contribution in [-0.2, 0) is 13.0 Å². The molecule has 2 heterocycles. The Hall–Kier alpha value is -1.36. The maximum atomic E-state index is 4.52. The molecule has 1 unspecified atom stereocenters. The zero-order chi connectivity index (χ0) is 12.3. The molecular weight excluding hydrogens is 214 g/mol. The van der Waals surface area contributed by atoms with Crippen molar-refractivity contribution < 1.29 is 0 Å². The molecule has 0 spiro atoms. The lowest BCUT2D eigenvalue weighted by molar-refractivity contribution is 0.625. The number of nitrogens with zero attached hydrogens (tertiary/aromatic N) is 2. The van der Waals surface area contributed by atoms with E-state index in [0.717, 1.165) is 37.4 Å². The van der Waals surface area contributed by atoms with E-state index in [-0.39, 0.29) is 0 Å². The predicted molar refractivity (Wildman–Crippen MR) is 70.4 cm³/mol. The molecule has 1 aliphatic heterocycles. The molecule has 0 radical (unpaired) electrons. The summed E-state index contributed by atoms with van der Waals surface area (Å²) in [6.45, 7) is 6.19. The van der Waals surface area contributed by atoms with Gasteiger partial charge in [0.1, 0.15) is 5.82 Å². The zero-order valence-electron chi connectivity index (χ0n) is 10.8. The fourth-order valence-electron chi connectivity index (χ4n) is 1.91. The third-order valence-electron chi connectivity index (χ3n) is 3.15. The Balaban J connectivity index is 2.33. The minimum Gasteiger partial charge on any atom is -0.367 e. The van der Waals surface area contributed by atoms with E-state index in [9.17, 15) is 0 Å². The predicted octanol–water partition coefficient (Wildman–Crippen LogP) is 1.37. The second-order valence-corrected chi connectivity index (χ2v) is 4.45. The van der Waals surface area contributed by atoms with Crippen molar-refractivity contribution in [2.45, 2.75) is 39.3 Å². The second-order valence-electron chi connectivity index (χ2n) is 4.45. The maximum absolute atomic E-state index is 4.52. The van der Waals surface area contributed by atoms with Gasteiger partial charge < -0.3 is 16.0 Å². The van der Waals surface area contributed by atoms with Crippen molar-refractivity contribution in [1.29, 1.82) is 0 Å². The van der Waals surface area contributed by atoms with Crippen molar-refractivity contribution in [2.75, 3.05) is 24.2 Å². The third kappa shape index (κ3) is 2.66. The van der Waals surface area contributed by atoms with Gasteiger partial charge in [-0.15, -0.1) is 0 Å². The molecule has 0 saturated heterocycles. The van der Waals surface area contributed by atoms with E-state index in [2.05, 4.69) is 39.8 Å². The molecule has 0 aliphatic carbocycles. The summed E-state index contributed by atoms with van der Waals surface area (Å²) in [4.78, 5) is 9.04. The van der Waals surface area contributed by atoms with Gasteiger partial charge in [-0.1, -0.05) is 6.92 Å². The molecule has 1 atom stereocenters. The Morgan fingerprint density at radius 1 is 1.41 bits per heavy atom. The fourth-order valence-corrected chi connectivity index (χ4v) is 1.91. The van der Waals surface area contributed by atoms with Crippen LogP contribution in [0, 0.1) is 0 Å². The van der Waals surface area contributed by atoms with Crippen LogP contribution in [0.1, 0.15) is 31.5 Å². The summed E-state index contributed by atoms with van der Waals surface area (Å²) < 4.78 is 0. The summed E-state index contributed by atoms with van der Waals surface area (Å²) in [5, 5.41) is 9.86. The van der Waals surface area contributed by atoms with E-state index in [1.165, 1.54) is 5.56 Å². The summed E-state index contributed by atoms with van der Waals surface area (Å²) in [5.41, 5.74) is 2.38. The topological polar surface area (TPSA) is 61.9 Å². The molecule has 0 amide bonds. The number of hydrogen-bond donors (Lipinski definition) is 3. The lowest BCUT2D eigenvalue weighted by Crippen LogP contribution is -2.28. The van der Waals surface area contributed by atoms with Crippen LogP contribution in [0.2, 0.25) is 0 Å². The van der Waals surface area contributed by atoms with E-state index in [1.807, 2.05) is 7.05 Å². The first kappa shape index (κ1) is 12.1. The summed E-state index contributed by atoms with van der Waals surface area (Å²) in [6, 6.07) is 0.431. The van der Waals surface area contributed by atoms with Gasteiger partial charge in [0.25, 0.3) is 0 Å². The molecule has 5 heteroatoms. The van der Waals surface area contributed by atoms with Crippen LogP contribution in [0.15, 0.2) is 0 Å². The molecule has 3 N–H and O–H groups in total. The van der Waals surface area contributed by atoms with Crippen molar-refractivity contribution in [3.63, 3.8) is 0 Å². The van der Waals surface area contributed by atoms with Crippen molar-refractivity contribution in [2.24, 2.45) is 0 Å². The van der Waals surface area contributed by atoms with Gasteiger partial charge in [-0.25, -0.2) is 4.98 Å². The van der Waals surface area contributed by atoms with Crippen LogP contribution in [0.5, 0.6) is 0 Å². The zero-order valence-corrected chi connectivity index (χ0v) is 10.8. The molecule has 0 fully saturated rings. The Kier molecular flexibility index (Phi) is 3.78. The molecule has 5 nitrogen and oxygen atoms in total. The van der Waals surface area contributed by atoms with Crippen LogP contribution in [-0.4, -0.2) is 29.6 Å². The van der Waals surface area contributed by atoms with Gasteiger partial charge in [0.15, 0.2) is 0 Å². The van der Waals surface area contributed by atoms with E-state index < -0.39 is 0 Å². The van der Waals surface area contributed by atoms with Crippen LogP contribution in [0.25, 0.3) is 0 Å². The van der Waals surface area contributed by atoms with E-state index in [4.69, 9.17) is 0 Å². The molecule has 1 aromatic heterocycles. The highest BCUT2D eigenvalue weighted by Crippen LogP contribution is 2.22. The highest BCUT2D eigenvalue weighted by Gasteiger charge is 2.17. The van der Waals surface area contributed by atoms with Crippen LogP contribution in [0.3, 0.4) is 0 Å². The normalized spacial score (nSPS) is 16.2. The van der Waals surface area contributed by atoms with Gasteiger partial charge in [0.05, 0.1) is 5.69 Å². The summed E-state index contributed by atoms with van der Waals surface area (Å²) in [7, 11) is 1.86. The maximum Gasteiger partial charge on any atom is 0.224 e. The summed E-state index contributed by atoms with van der Waals surface area (Å²) >= 11 is 0. The second kappa shape index (κ2) is 5.31. The van der Waals surface area contributed by atoms with Crippen LogP contribution < -0.4 is 16.0 Å². The summed E-state index contributed by atoms with van der Waals surface area (Å²) in [5.74, 6) is 1.68. The lowest BCUT2D eigenvalue weighted by Gasteiger charge is -2.22. The highest BCUT2D eigenvalue weighted by molar-refractivity contribution is 5.51. The van der Waals surface area contributed by atoms with Gasteiger partial charge in [0.2, 0.25) is 5.95 Å². The Morgan fingerprint density at radius 3 is 2.94 bits per heavy atom. The lowest BCUT2D eigenvalue weighted by atomic mass is 10.1. The molecule has 17 heavy (non-hydrogen) atoms. The third-order valence-corrected chi connectivity index (χ3v) is 3.15. The first-order valence-corrected chi connectivity index (χ1v) is 6.29. The smallest absolute Gasteiger partial charge is 0.224 e. The highest BCUT2D eigenvalue weighted by atomic mass is 15.1. The van der Waals surface area contributed by atoms with Crippen LogP contribution in [0.4, 0.5) is 11.8 Å². The van der Waals surface area contributed by atoms with Gasteiger partial charge in [-0.05, 0) is 13.3 Å². The monoisotopic (exact) mass is 235 g/mol. The standard InChI is InChI=1S/C12H21N5/c1-4-8(2)15-11-9-7-14-6-5-10(9)16-12(13-3)17-11/h8,14H,4-7H2,1-3H3,(H2,13,15,16,17). The minimum atomic E-state index is 0.431. The molecule has 0 aromatic carbocycles. The molecule has 2 rings (SSSR count). The van der Waals surface area contributed by atoms with Gasteiger partial charge in [-0.3, -0.25) is 0 Å². The largest absolute Gasteiger partial charge is 0.367 e. The first-order chi connectivity index (χ1) is 8.24. The molecule has 1 aliphatic rings. The number of hydrogen-bond acceptors (Lipinski definition) is 5. The molecule has 1 aromatic rings. The number of fused-ring (bicyclic) bond motifs is 1. The Bertz CT molecular complexity index is 391. The number of rotatable bonds is 4. The van der Waals surface area contributed by atoms with Gasteiger partial charge in [0, 0.05) is 38.2 Å². The van der Waals surface area contributed by atoms with E-state index in [1.54, 1.807) is 0 Å². The molecule has 0 bridgehead atoms. The SMILES string of the molecule is CCC(C)Nc1nc(NC)nc2c1CNCC2. The number of nitrogens with one attached hydrogen (secondary N) is 3. The summed E-state index contributed by atoms with van der Waals surface area (Å²) in [6.07, 6.45) is 2.06. The fraction of sp³-hybridized carbons (Fsp3) is 0.667. The minimum absolute atomic E-state index is 0.431. The average molecular weight is 235 g/mol. The quantitative estimate of drug-likeness (QED) is 0.736. The van der Waals surface area contributed by atoms with Crippen LogP contribution >= 0.6 is 0 Å². The number of aromatic nitrogens is 2. The van der Waals surface area contributed by atoms with E-state index >= 15 is 0 Å². The van der Waals surface area contributed by atoms with Crippen molar-refractivity contribution in [3.8, 4) is 0 Å². The Labute approximate surface area is 102 Å². The van der Waals surface area contributed by atoms with Crippen molar-refractivity contribution >= 4 is 11.8 Å². The molecule has 94 valence electrons. The molecule has 0 saturated carbocycles. The van der Waals surface area contributed by atoms with E-state index in [0.29, 0.717) is 12.0 Å². The Morgan fingerprint density at radius 2 is 2.24 bits per heavy atom. The average Bonchev–Trinajstić information content (AvgIpc) is 2.38. The first-order valence-electron chi connectivity index (χ1n) is 6.29. The van der Waals surface area contributed by atoms with Gasteiger partial charge in [-0.2, -0.15) is 4.98 Å². The number of anilines is 2.